The van der Waals surface area contributed by atoms with Gasteiger partial charge in [-0.2, -0.15) is 0 Å². The zero-order valence-corrected chi connectivity index (χ0v) is 11.0. The Morgan fingerprint density at radius 3 is 2.59 bits per heavy atom. The molecule has 0 radical (unpaired) electrons. The molecule has 1 fully saturated rings. The Morgan fingerprint density at radius 2 is 2.06 bits per heavy atom. The Labute approximate surface area is 107 Å². The molecule has 3 nitrogen and oxygen atoms in total. The van der Waals surface area contributed by atoms with Crippen LogP contribution in [0.5, 0.6) is 5.75 Å². The zero-order valence-electron chi connectivity index (χ0n) is 10.1. The molecule has 0 amide bonds. The SMILES string of the molecule is COc1ccc(C(=S)N=C2CCCN2C)cc1. The van der Waals surface area contributed by atoms with E-state index < -0.39 is 0 Å². The second-order valence-corrected chi connectivity index (χ2v) is 4.47. The largest absolute Gasteiger partial charge is 0.497 e. The molecule has 0 aliphatic carbocycles. The van der Waals surface area contributed by atoms with E-state index in [1.807, 2.05) is 24.3 Å². The first-order valence-corrected chi connectivity index (χ1v) is 6.08. The average molecular weight is 248 g/mol. The van der Waals surface area contributed by atoms with E-state index in [4.69, 9.17) is 17.0 Å². The second-order valence-electron chi connectivity index (χ2n) is 4.09. The minimum absolute atomic E-state index is 0.649. The molecule has 0 unspecified atom stereocenters. The van der Waals surface area contributed by atoms with Gasteiger partial charge in [0.15, 0.2) is 0 Å². The third-order valence-electron chi connectivity index (χ3n) is 2.90. The van der Waals surface area contributed by atoms with Crippen molar-refractivity contribution in [1.82, 2.24) is 4.90 Å². The summed E-state index contributed by atoms with van der Waals surface area (Å²) in [5, 5.41) is 0. The maximum atomic E-state index is 5.33. The average Bonchev–Trinajstić information content (AvgIpc) is 2.75. The van der Waals surface area contributed by atoms with Crippen molar-refractivity contribution < 1.29 is 4.74 Å². The molecular formula is C13H16N2OS. The van der Waals surface area contributed by atoms with Gasteiger partial charge in [-0.15, -0.1) is 0 Å². The first-order valence-electron chi connectivity index (χ1n) is 5.68. The zero-order chi connectivity index (χ0) is 12.3. The van der Waals surface area contributed by atoms with E-state index in [0.717, 1.165) is 30.1 Å². The molecule has 1 aromatic rings. The number of nitrogens with zero attached hydrogens (tertiary/aromatic N) is 2. The van der Waals surface area contributed by atoms with Crippen molar-refractivity contribution >= 4 is 23.0 Å². The lowest BCUT2D eigenvalue weighted by Crippen LogP contribution is -2.20. The van der Waals surface area contributed by atoms with Crippen molar-refractivity contribution in [3.05, 3.63) is 29.8 Å². The lowest BCUT2D eigenvalue weighted by molar-refractivity contribution is 0.415. The first kappa shape index (κ1) is 12.0. The summed E-state index contributed by atoms with van der Waals surface area (Å²) >= 11 is 5.33. The number of thiocarbonyl (C=S) groups is 1. The summed E-state index contributed by atoms with van der Waals surface area (Å²) in [7, 11) is 3.71. The maximum Gasteiger partial charge on any atom is 0.135 e. The Kier molecular flexibility index (Phi) is 3.74. The highest BCUT2D eigenvalue weighted by Gasteiger charge is 2.14. The van der Waals surface area contributed by atoms with E-state index >= 15 is 0 Å². The number of hydrogen-bond donors (Lipinski definition) is 0. The monoisotopic (exact) mass is 248 g/mol. The van der Waals surface area contributed by atoms with Crippen molar-refractivity contribution in [3.63, 3.8) is 0 Å². The highest BCUT2D eigenvalue weighted by atomic mass is 32.1. The molecule has 2 rings (SSSR count). The number of benzene rings is 1. The standard InChI is InChI=1S/C13H16N2OS/c1-15-9-3-4-12(15)14-13(17)10-5-7-11(16-2)8-6-10/h5-8H,3-4,9H2,1-2H3. The summed E-state index contributed by atoms with van der Waals surface area (Å²) in [6.45, 7) is 1.07. The fourth-order valence-electron chi connectivity index (χ4n) is 1.85. The maximum absolute atomic E-state index is 5.33. The number of rotatable bonds is 2. The van der Waals surface area contributed by atoms with Crippen LogP contribution < -0.4 is 4.74 Å². The van der Waals surface area contributed by atoms with Gasteiger partial charge in [-0.25, -0.2) is 4.99 Å². The summed E-state index contributed by atoms with van der Waals surface area (Å²) in [6, 6.07) is 7.70. The van der Waals surface area contributed by atoms with Crippen molar-refractivity contribution in [2.75, 3.05) is 20.7 Å². The minimum atomic E-state index is 0.649. The van der Waals surface area contributed by atoms with Crippen molar-refractivity contribution in [1.29, 1.82) is 0 Å². The van der Waals surface area contributed by atoms with Gasteiger partial charge in [0, 0.05) is 25.6 Å². The van der Waals surface area contributed by atoms with Crippen molar-refractivity contribution in [2.24, 2.45) is 4.99 Å². The molecule has 0 saturated carbocycles. The highest BCUT2D eigenvalue weighted by Crippen LogP contribution is 2.15. The van der Waals surface area contributed by atoms with Gasteiger partial charge < -0.3 is 9.64 Å². The summed E-state index contributed by atoms with van der Waals surface area (Å²) in [5.74, 6) is 1.92. The molecule has 1 aliphatic rings. The van der Waals surface area contributed by atoms with E-state index in [2.05, 4.69) is 16.9 Å². The van der Waals surface area contributed by atoms with Gasteiger partial charge in [0.2, 0.25) is 0 Å². The quantitative estimate of drug-likeness (QED) is 0.752. The summed E-state index contributed by atoms with van der Waals surface area (Å²) in [4.78, 5) is 7.33. The first-order chi connectivity index (χ1) is 8.20. The molecule has 0 spiro atoms. The predicted molar refractivity (Wildman–Crippen MR) is 74.0 cm³/mol. The van der Waals surface area contributed by atoms with Crippen molar-refractivity contribution in [2.45, 2.75) is 12.8 Å². The third kappa shape index (κ3) is 2.82. The van der Waals surface area contributed by atoms with Crippen LogP contribution >= 0.6 is 12.2 Å². The summed E-state index contributed by atoms with van der Waals surface area (Å²) in [5.41, 5.74) is 0.966. The molecule has 0 aromatic heterocycles. The number of hydrogen-bond acceptors (Lipinski definition) is 2. The molecule has 0 bridgehead atoms. The van der Waals surface area contributed by atoms with Crippen LogP contribution in [-0.2, 0) is 0 Å². The van der Waals surface area contributed by atoms with Crippen LogP contribution in [0, 0.1) is 0 Å². The molecule has 17 heavy (non-hydrogen) atoms. The molecule has 4 heteroatoms. The van der Waals surface area contributed by atoms with Gasteiger partial charge in [-0.3, -0.25) is 0 Å². The smallest absolute Gasteiger partial charge is 0.135 e. The number of ether oxygens (including phenoxy) is 1. The molecule has 1 aliphatic heterocycles. The van der Waals surface area contributed by atoms with Gasteiger partial charge >= 0.3 is 0 Å². The highest BCUT2D eigenvalue weighted by molar-refractivity contribution is 7.80. The lowest BCUT2D eigenvalue weighted by atomic mass is 10.2. The van der Waals surface area contributed by atoms with Crippen LogP contribution in [0.4, 0.5) is 0 Å². The van der Waals surface area contributed by atoms with E-state index in [1.54, 1.807) is 7.11 Å². The normalized spacial score (nSPS) is 17.5. The van der Waals surface area contributed by atoms with Crippen LogP contribution in [0.3, 0.4) is 0 Å². The predicted octanol–water partition coefficient (Wildman–Crippen LogP) is 2.49. The number of methoxy groups -OCH3 is 1. The van der Waals surface area contributed by atoms with Crippen LogP contribution in [0.25, 0.3) is 0 Å². The second kappa shape index (κ2) is 5.27. The molecular weight excluding hydrogens is 232 g/mol. The van der Waals surface area contributed by atoms with E-state index in [9.17, 15) is 0 Å². The molecule has 1 aromatic carbocycles. The topological polar surface area (TPSA) is 24.8 Å². The molecule has 0 atom stereocenters. The molecule has 1 saturated heterocycles. The number of likely N-dealkylation sites (tertiary alicyclic amines) is 1. The van der Waals surface area contributed by atoms with Crippen LogP contribution in [-0.4, -0.2) is 36.4 Å². The van der Waals surface area contributed by atoms with Gasteiger partial charge in [-0.05, 0) is 30.7 Å². The van der Waals surface area contributed by atoms with Crippen LogP contribution in [0.1, 0.15) is 18.4 Å². The lowest BCUT2D eigenvalue weighted by Gasteiger charge is -2.11. The van der Waals surface area contributed by atoms with Gasteiger partial charge in [-0.1, -0.05) is 12.2 Å². The van der Waals surface area contributed by atoms with Crippen LogP contribution in [0.15, 0.2) is 29.3 Å². The van der Waals surface area contributed by atoms with Crippen molar-refractivity contribution in [3.8, 4) is 5.75 Å². The summed E-state index contributed by atoms with van der Waals surface area (Å²) in [6.07, 6.45) is 2.19. The van der Waals surface area contributed by atoms with E-state index in [0.29, 0.717) is 4.99 Å². The minimum Gasteiger partial charge on any atom is -0.497 e. The fourth-order valence-corrected chi connectivity index (χ4v) is 2.09. The number of amidine groups is 1. The van der Waals surface area contributed by atoms with E-state index in [-0.39, 0.29) is 0 Å². The Hall–Kier alpha value is -1.42. The van der Waals surface area contributed by atoms with Gasteiger partial charge in [0.05, 0.1) is 7.11 Å². The Morgan fingerprint density at radius 1 is 1.35 bits per heavy atom. The van der Waals surface area contributed by atoms with Crippen LogP contribution in [0.2, 0.25) is 0 Å². The molecule has 0 N–H and O–H groups in total. The Bertz CT molecular complexity index is 439. The third-order valence-corrected chi connectivity index (χ3v) is 3.23. The number of aliphatic imine (C=N–C) groups is 1. The Balaban J connectivity index is 2.14. The molecule has 1 heterocycles. The van der Waals surface area contributed by atoms with E-state index in [1.165, 1.54) is 6.42 Å². The summed E-state index contributed by atoms with van der Waals surface area (Å²) < 4.78 is 5.11. The van der Waals surface area contributed by atoms with Gasteiger partial charge in [0.25, 0.3) is 0 Å². The fraction of sp³-hybridized carbons (Fsp3) is 0.385. The molecule has 90 valence electrons. The van der Waals surface area contributed by atoms with Gasteiger partial charge in [0.1, 0.15) is 16.6 Å².